The number of nitrogens with zero attached hydrogens (tertiary/aromatic N) is 1. The molecule has 0 heterocycles. The van der Waals surface area contributed by atoms with Crippen molar-refractivity contribution >= 4 is 0 Å². The van der Waals surface area contributed by atoms with E-state index in [9.17, 15) is 5.26 Å². The summed E-state index contributed by atoms with van der Waals surface area (Å²) < 4.78 is 0. The van der Waals surface area contributed by atoms with Crippen LogP contribution in [0.15, 0.2) is 0 Å². The lowest BCUT2D eigenvalue weighted by molar-refractivity contribution is 0.0540. The van der Waals surface area contributed by atoms with Crippen LogP contribution in [0.2, 0.25) is 0 Å². The smallest absolute Gasteiger partial charge is 0.107 e. The van der Waals surface area contributed by atoms with E-state index < -0.39 is 0 Å². The molecule has 2 nitrogen and oxygen atoms in total. The monoisotopic (exact) mass is 236 g/mol. The van der Waals surface area contributed by atoms with E-state index in [1.165, 1.54) is 6.42 Å². The Morgan fingerprint density at radius 1 is 1.06 bits per heavy atom. The van der Waals surface area contributed by atoms with Gasteiger partial charge in [0.15, 0.2) is 0 Å². The molecule has 0 atom stereocenters. The molecule has 0 bridgehead atoms. The topological polar surface area (TPSA) is 35.8 Å². The molecular formula is C15H28N2. The van der Waals surface area contributed by atoms with Crippen LogP contribution in [0.4, 0.5) is 0 Å². The van der Waals surface area contributed by atoms with Crippen LogP contribution in [0.3, 0.4) is 0 Å². The standard InChI is InChI=1S/C15H28N2/c1-12(2)7-17-15(11-16)9-13(3,4)8-14(5,6)10-15/h12,17H,7-10H2,1-6H3. The average molecular weight is 236 g/mol. The molecule has 17 heavy (non-hydrogen) atoms. The largest absolute Gasteiger partial charge is 0.299 e. The van der Waals surface area contributed by atoms with Crippen LogP contribution >= 0.6 is 0 Å². The zero-order valence-electron chi connectivity index (χ0n) is 12.4. The summed E-state index contributed by atoms with van der Waals surface area (Å²) in [5, 5.41) is 13.1. The first kappa shape index (κ1) is 14.5. The summed E-state index contributed by atoms with van der Waals surface area (Å²) in [6.45, 7) is 14.5. The molecule has 2 heteroatoms. The van der Waals surface area contributed by atoms with Gasteiger partial charge in [-0.3, -0.25) is 5.32 Å². The van der Waals surface area contributed by atoms with Crippen molar-refractivity contribution in [2.45, 2.75) is 66.3 Å². The molecule has 1 aliphatic carbocycles. The number of hydrogen-bond donors (Lipinski definition) is 1. The van der Waals surface area contributed by atoms with Gasteiger partial charge in [-0.2, -0.15) is 5.26 Å². The minimum absolute atomic E-state index is 0.251. The molecule has 0 aromatic rings. The number of nitriles is 1. The number of hydrogen-bond acceptors (Lipinski definition) is 2. The first-order valence-corrected chi connectivity index (χ1v) is 6.76. The fraction of sp³-hybridized carbons (Fsp3) is 0.933. The van der Waals surface area contributed by atoms with Gasteiger partial charge in [-0.1, -0.05) is 41.5 Å². The van der Waals surface area contributed by atoms with Crippen LogP contribution in [0.1, 0.15) is 60.8 Å². The zero-order chi connectivity index (χ0) is 13.3. The molecule has 0 saturated heterocycles. The number of nitrogens with one attached hydrogen (secondary N) is 1. The van der Waals surface area contributed by atoms with Gasteiger partial charge in [-0.15, -0.1) is 0 Å². The molecule has 0 unspecified atom stereocenters. The van der Waals surface area contributed by atoms with Gasteiger partial charge in [0.2, 0.25) is 0 Å². The second-order valence-corrected chi connectivity index (χ2v) is 7.83. The Bertz CT molecular complexity index is 291. The highest BCUT2D eigenvalue weighted by atomic mass is 15.0. The Labute approximate surface area is 107 Å². The summed E-state index contributed by atoms with van der Waals surface area (Å²) in [6.07, 6.45) is 3.13. The third kappa shape index (κ3) is 4.00. The van der Waals surface area contributed by atoms with Crippen LogP contribution in [-0.4, -0.2) is 12.1 Å². The molecule has 1 fully saturated rings. The average Bonchev–Trinajstić information content (AvgIpc) is 2.10. The molecular weight excluding hydrogens is 208 g/mol. The van der Waals surface area contributed by atoms with Gasteiger partial charge in [0.05, 0.1) is 6.07 Å². The first-order valence-electron chi connectivity index (χ1n) is 6.76. The highest BCUT2D eigenvalue weighted by molar-refractivity contribution is 5.14. The van der Waals surface area contributed by atoms with Gasteiger partial charge in [0, 0.05) is 0 Å². The minimum Gasteiger partial charge on any atom is -0.299 e. The van der Waals surface area contributed by atoms with E-state index in [0.717, 1.165) is 19.4 Å². The summed E-state index contributed by atoms with van der Waals surface area (Å²) in [5.74, 6) is 0.591. The van der Waals surface area contributed by atoms with Crippen molar-refractivity contribution < 1.29 is 0 Å². The summed E-state index contributed by atoms with van der Waals surface area (Å²) in [7, 11) is 0. The summed E-state index contributed by atoms with van der Waals surface area (Å²) in [6, 6.07) is 2.57. The molecule has 1 N–H and O–H groups in total. The normalized spacial score (nSPS) is 25.5. The molecule has 98 valence electrons. The van der Waals surface area contributed by atoms with Gasteiger partial charge in [0.25, 0.3) is 0 Å². The van der Waals surface area contributed by atoms with E-state index >= 15 is 0 Å². The van der Waals surface area contributed by atoms with Crippen molar-refractivity contribution in [3.05, 3.63) is 0 Å². The van der Waals surface area contributed by atoms with Crippen molar-refractivity contribution in [2.24, 2.45) is 16.7 Å². The van der Waals surface area contributed by atoms with Crippen molar-refractivity contribution in [3.8, 4) is 6.07 Å². The molecule has 0 aromatic heterocycles. The quantitative estimate of drug-likeness (QED) is 0.810. The van der Waals surface area contributed by atoms with E-state index in [1.54, 1.807) is 0 Å². The van der Waals surface area contributed by atoms with Crippen LogP contribution in [-0.2, 0) is 0 Å². The fourth-order valence-corrected chi connectivity index (χ4v) is 3.76. The van der Waals surface area contributed by atoms with Crippen LogP contribution in [0, 0.1) is 28.1 Å². The number of rotatable bonds is 3. The Morgan fingerprint density at radius 2 is 1.53 bits per heavy atom. The van der Waals surface area contributed by atoms with Crippen molar-refractivity contribution in [2.75, 3.05) is 6.54 Å². The predicted octanol–water partition coefficient (Wildman–Crippen LogP) is 3.73. The zero-order valence-corrected chi connectivity index (χ0v) is 12.4. The van der Waals surface area contributed by atoms with E-state index in [4.69, 9.17) is 0 Å². The maximum Gasteiger partial charge on any atom is 0.107 e. The fourth-order valence-electron chi connectivity index (χ4n) is 3.76. The molecule has 0 aliphatic heterocycles. The van der Waals surface area contributed by atoms with E-state index in [-0.39, 0.29) is 16.4 Å². The summed E-state index contributed by atoms with van der Waals surface area (Å²) in [4.78, 5) is 0. The SMILES string of the molecule is CC(C)CNC1(C#N)CC(C)(C)CC(C)(C)C1. The van der Waals surface area contributed by atoms with Crippen LogP contribution in [0.5, 0.6) is 0 Å². The van der Waals surface area contributed by atoms with Crippen molar-refractivity contribution in [1.29, 1.82) is 5.26 Å². The maximum atomic E-state index is 9.61. The van der Waals surface area contributed by atoms with E-state index in [2.05, 4.69) is 52.9 Å². The minimum atomic E-state index is -0.324. The van der Waals surface area contributed by atoms with Gasteiger partial charge < -0.3 is 0 Å². The molecule has 1 rings (SSSR count). The first-order chi connectivity index (χ1) is 7.60. The predicted molar refractivity (Wildman–Crippen MR) is 72.6 cm³/mol. The van der Waals surface area contributed by atoms with E-state index in [1.807, 2.05) is 0 Å². The van der Waals surface area contributed by atoms with Crippen molar-refractivity contribution in [1.82, 2.24) is 5.32 Å². The Hall–Kier alpha value is -0.550. The molecule has 0 spiro atoms. The third-order valence-corrected chi connectivity index (χ3v) is 3.58. The molecule has 0 aromatic carbocycles. The third-order valence-electron chi connectivity index (χ3n) is 3.58. The van der Waals surface area contributed by atoms with Crippen molar-refractivity contribution in [3.63, 3.8) is 0 Å². The highest BCUT2D eigenvalue weighted by Gasteiger charge is 2.47. The second kappa shape index (κ2) is 4.61. The lowest BCUT2D eigenvalue weighted by atomic mass is 9.58. The highest BCUT2D eigenvalue weighted by Crippen LogP contribution is 2.49. The lowest BCUT2D eigenvalue weighted by Crippen LogP contribution is -2.54. The summed E-state index contributed by atoms with van der Waals surface area (Å²) in [5.41, 5.74) is 0.179. The Kier molecular flexibility index (Phi) is 3.94. The van der Waals surface area contributed by atoms with Gasteiger partial charge >= 0.3 is 0 Å². The maximum absolute atomic E-state index is 9.61. The van der Waals surface area contributed by atoms with Crippen LogP contribution < -0.4 is 5.32 Å². The van der Waals surface area contributed by atoms with E-state index in [0.29, 0.717) is 5.92 Å². The van der Waals surface area contributed by atoms with Gasteiger partial charge in [-0.25, -0.2) is 0 Å². The molecule has 1 aliphatic rings. The van der Waals surface area contributed by atoms with Crippen LogP contribution in [0.25, 0.3) is 0 Å². The summed E-state index contributed by atoms with van der Waals surface area (Å²) >= 11 is 0. The molecule has 0 radical (unpaired) electrons. The van der Waals surface area contributed by atoms with Gasteiger partial charge in [0.1, 0.15) is 5.54 Å². The molecule has 1 saturated carbocycles. The van der Waals surface area contributed by atoms with Gasteiger partial charge in [-0.05, 0) is 42.6 Å². The Balaban J connectivity index is 2.87. The molecule has 0 amide bonds. The second-order valence-electron chi connectivity index (χ2n) is 7.83. The lowest BCUT2D eigenvalue weighted by Gasteiger charge is -2.49. The Morgan fingerprint density at radius 3 is 1.88 bits per heavy atom.